The van der Waals surface area contributed by atoms with E-state index in [0.29, 0.717) is 4.90 Å². The Kier molecular flexibility index (Phi) is 3.13. The molecule has 1 aromatic rings. The maximum absolute atomic E-state index is 11.9. The van der Waals surface area contributed by atoms with Crippen molar-refractivity contribution in [3.63, 3.8) is 0 Å². The van der Waals surface area contributed by atoms with E-state index < -0.39 is 9.84 Å². The summed E-state index contributed by atoms with van der Waals surface area (Å²) in [6.07, 6.45) is 0. The lowest BCUT2D eigenvalue weighted by Crippen LogP contribution is -2.45. The van der Waals surface area contributed by atoms with Crippen molar-refractivity contribution < 1.29 is 8.42 Å². The van der Waals surface area contributed by atoms with E-state index in [1.807, 2.05) is 6.07 Å². The van der Waals surface area contributed by atoms with E-state index in [4.69, 9.17) is 0 Å². The van der Waals surface area contributed by atoms with Crippen molar-refractivity contribution >= 4 is 25.8 Å². The fraction of sp³-hybridized carbons (Fsp3) is 0.400. The minimum Gasteiger partial charge on any atom is -0.316 e. The third-order valence-electron chi connectivity index (χ3n) is 2.48. The molecule has 5 heteroatoms. The van der Waals surface area contributed by atoms with Gasteiger partial charge in [-0.25, -0.2) is 8.42 Å². The normalized spacial score (nSPS) is 17.4. The second-order valence-electron chi connectivity index (χ2n) is 3.76. The molecule has 0 saturated carbocycles. The summed E-state index contributed by atoms with van der Waals surface area (Å²) in [5.41, 5.74) is 0. The summed E-state index contributed by atoms with van der Waals surface area (Å²) in [5.74, 6) is 0.519. The summed E-state index contributed by atoms with van der Waals surface area (Å²) in [6, 6.07) is 6.87. The summed E-state index contributed by atoms with van der Waals surface area (Å²) in [7, 11) is -3.11. The lowest BCUT2D eigenvalue weighted by molar-refractivity contribution is 0.378. The lowest BCUT2D eigenvalue weighted by Gasteiger charge is -2.26. The zero-order valence-electron chi connectivity index (χ0n) is 8.11. The van der Waals surface area contributed by atoms with Crippen LogP contribution in [0.1, 0.15) is 0 Å². The SMILES string of the molecule is O=S(=O)(CC1CNC1)c1cccc(Br)c1. The molecule has 1 fully saturated rings. The molecule has 0 amide bonds. The number of rotatable bonds is 3. The fourth-order valence-corrected chi connectivity index (χ4v) is 3.73. The predicted octanol–water partition coefficient (Wildman–Crippen LogP) is 1.44. The first-order valence-electron chi connectivity index (χ1n) is 4.77. The van der Waals surface area contributed by atoms with Gasteiger partial charge in [-0.1, -0.05) is 22.0 Å². The van der Waals surface area contributed by atoms with Gasteiger partial charge < -0.3 is 5.32 Å². The third kappa shape index (κ3) is 2.59. The number of hydrogen-bond donors (Lipinski definition) is 1. The fourth-order valence-electron chi connectivity index (χ4n) is 1.53. The molecule has 1 aromatic carbocycles. The molecule has 1 aliphatic rings. The Labute approximate surface area is 97.9 Å². The quantitative estimate of drug-likeness (QED) is 0.916. The molecule has 1 saturated heterocycles. The van der Waals surface area contributed by atoms with Crippen molar-refractivity contribution in [2.45, 2.75) is 4.90 Å². The van der Waals surface area contributed by atoms with E-state index >= 15 is 0 Å². The lowest BCUT2D eigenvalue weighted by atomic mass is 10.1. The Morgan fingerprint density at radius 3 is 2.67 bits per heavy atom. The van der Waals surface area contributed by atoms with E-state index in [-0.39, 0.29) is 11.7 Å². The first kappa shape index (κ1) is 11.1. The van der Waals surface area contributed by atoms with Crippen molar-refractivity contribution in [1.82, 2.24) is 5.32 Å². The highest BCUT2D eigenvalue weighted by Crippen LogP contribution is 2.20. The maximum atomic E-state index is 11.9. The molecule has 0 atom stereocenters. The second kappa shape index (κ2) is 4.23. The van der Waals surface area contributed by atoms with E-state index in [2.05, 4.69) is 21.2 Å². The first-order valence-corrected chi connectivity index (χ1v) is 7.21. The summed E-state index contributed by atoms with van der Waals surface area (Å²) in [4.78, 5) is 0.406. The van der Waals surface area contributed by atoms with Gasteiger partial charge in [0, 0.05) is 17.6 Å². The molecular formula is C10H12BrNO2S. The van der Waals surface area contributed by atoms with Gasteiger partial charge in [0.2, 0.25) is 0 Å². The third-order valence-corrected chi connectivity index (χ3v) is 4.85. The average Bonchev–Trinajstić information content (AvgIpc) is 2.12. The molecule has 15 heavy (non-hydrogen) atoms. The number of sulfone groups is 1. The van der Waals surface area contributed by atoms with Gasteiger partial charge in [-0.3, -0.25) is 0 Å². The van der Waals surface area contributed by atoms with Crippen molar-refractivity contribution in [2.24, 2.45) is 5.92 Å². The summed E-state index contributed by atoms with van der Waals surface area (Å²) in [6.45, 7) is 1.63. The highest BCUT2D eigenvalue weighted by molar-refractivity contribution is 9.10. The summed E-state index contributed by atoms with van der Waals surface area (Å²) >= 11 is 3.28. The molecule has 0 unspecified atom stereocenters. The van der Waals surface area contributed by atoms with Gasteiger partial charge in [0.05, 0.1) is 10.6 Å². The van der Waals surface area contributed by atoms with Gasteiger partial charge in [0.15, 0.2) is 9.84 Å². The second-order valence-corrected chi connectivity index (χ2v) is 6.71. The molecule has 82 valence electrons. The molecular weight excluding hydrogens is 278 g/mol. The van der Waals surface area contributed by atoms with Gasteiger partial charge in [-0.15, -0.1) is 0 Å². The van der Waals surface area contributed by atoms with Crippen LogP contribution in [0.4, 0.5) is 0 Å². The highest BCUT2D eigenvalue weighted by Gasteiger charge is 2.25. The molecule has 0 spiro atoms. The van der Waals surface area contributed by atoms with Gasteiger partial charge in [-0.2, -0.15) is 0 Å². The average molecular weight is 290 g/mol. The molecule has 0 bridgehead atoms. The van der Waals surface area contributed by atoms with E-state index in [1.165, 1.54) is 0 Å². The summed E-state index contributed by atoms with van der Waals surface area (Å²) in [5, 5.41) is 3.07. The number of benzene rings is 1. The Morgan fingerprint density at radius 2 is 2.13 bits per heavy atom. The van der Waals surface area contributed by atoms with Crippen LogP contribution in [0.15, 0.2) is 33.6 Å². The van der Waals surface area contributed by atoms with Gasteiger partial charge >= 0.3 is 0 Å². The highest BCUT2D eigenvalue weighted by atomic mass is 79.9. The Bertz CT molecular complexity index is 454. The number of halogens is 1. The zero-order chi connectivity index (χ0) is 10.9. The minimum absolute atomic E-state index is 0.246. The largest absolute Gasteiger partial charge is 0.316 e. The Hall–Kier alpha value is -0.390. The molecule has 0 aromatic heterocycles. The number of hydrogen-bond acceptors (Lipinski definition) is 3. The molecule has 1 heterocycles. The molecule has 3 nitrogen and oxygen atoms in total. The van der Waals surface area contributed by atoms with Gasteiger partial charge in [-0.05, 0) is 24.1 Å². The van der Waals surface area contributed by atoms with Crippen LogP contribution < -0.4 is 5.32 Å². The first-order chi connectivity index (χ1) is 7.08. The van der Waals surface area contributed by atoms with Crippen LogP contribution in [0, 0.1) is 5.92 Å². The van der Waals surface area contributed by atoms with E-state index in [9.17, 15) is 8.42 Å². The smallest absolute Gasteiger partial charge is 0.178 e. The Balaban J connectivity index is 2.20. The van der Waals surface area contributed by atoms with E-state index in [1.54, 1.807) is 18.2 Å². The van der Waals surface area contributed by atoms with Crippen LogP contribution in [-0.2, 0) is 9.84 Å². The molecule has 1 N–H and O–H groups in total. The van der Waals surface area contributed by atoms with Crippen LogP contribution in [0.2, 0.25) is 0 Å². The topological polar surface area (TPSA) is 46.2 Å². The van der Waals surface area contributed by atoms with Gasteiger partial charge in [0.25, 0.3) is 0 Å². The zero-order valence-corrected chi connectivity index (χ0v) is 10.5. The van der Waals surface area contributed by atoms with Crippen LogP contribution >= 0.6 is 15.9 Å². The van der Waals surface area contributed by atoms with Crippen LogP contribution in [0.5, 0.6) is 0 Å². The molecule has 0 radical (unpaired) electrons. The number of nitrogens with one attached hydrogen (secondary N) is 1. The summed E-state index contributed by atoms with van der Waals surface area (Å²) < 4.78 is 24.7. The van der Waals surface area contributed by atoms with Crippen LogP contribution in [0.25, 0.3) is 0 Å². The van der Waals surface area contributed by atoms with Crippen LogP contribution in [0.3, 0.4) is 0 Å². The molecule has 0 aliphatic carbocycles. The van der Waals surface area contributed by atoms with E-state index in [0.717, 1.165) is 17.6 Å². The molecule has 2 rings (SSSR count). The minimum atomic E-state index is -3.11. The standard InChI is InChI=1S/C10H12BrNO2S/c11-9-2-1-3-10(4-9)15(13,14)7-8-5-12-6-8/h1-4,8,12H,5-7H2. The Morgan fingerprint density at radius 1 is 1.40 bits per heavy atom. The maximum Gasteiger partial charge on any atom is 0.178 e. The van der Waals surface area contributed by atoms with Crippen molar-refractivity contribution in [3.05, 3.63) is 28.7 Å². The van der Waals surface area contributed by atoms with Gasteiger partial charge in [0.1, 0.15) is 0 Å². The monoisotopic (exact) mass is 289 g/mol. The van der Waals surface area contributed by atoms with Crippen molar-refractivity contribution in [3.8, 4) is 0 Å². The van der Waals surface area contributed by atoms with Crippen molar-refractivity contribution in [2.75, 3.05) is 18.8 Å². The predicted molar refractivity (Wildman–Crippen MR) is 62.6 cm³/mol. The molecule has 1 aliphatic heterocycles. The van der Waals surface area contributed by atoms with Crippen molar-refractivity contribution in [1.29, 1.82) is 0 Å². The van der Waals surface area contributed by atoms with Crippen LogP contribution in [-0.4, -0.2) is 27.3 Å².